The van der Waals surface area contributed by atoms with Crippen LogP contribution < -0.4 is 4.74 Å². The van der Waals surface area contributed by atoms with Crippen molar-refractivity contribution in [2.24, 2.45) is 0 Å². The number of halogens is 3. The van der Waals surface area contributed by atoms with Crippen molar-refractivity contribution in [3.63, 3.8) is 0 Å². The summed E-state index contributed by atoms with van der Waals surface area (Å²) in [5, 5.41) is 2.15. The van der Waals surface area contributed by atoms with E-state index in [-0.39, 0.29) is 34.2 Å². The fourth-order valence-corrected chi connectivity index (χ4v) is 6.97. The van der Waals surface area contributed by atoms with E-state index in [9.17, 15) is 18.0 Å². The van der Waals surface area contributed by atoms with Gasteiger partial charge in [0.2, 0.25) is 0 Å². The van der Waals surface area contributed by atoms with Gasteiger partial charge in [0, 0.05) is 32.1 Å². The van der Waals surface area contributed by atoms with Crippen molar-refractivity contribution in [1.29, 1.82) is 0 Å². The van der Waals surface area contributed by atoms with E-state index in [0.29, 0.717) is 11.3 Å². The van der Waals surface area contributed by atoms with Crippen molar-refractivity contribution in [3.05, 3.63) is 66.2 Å². The molecule has 1 aliphatic rings. The van der Waals surface area contributed by atoms with E-state index in [0.717, 1.165) is 5.39 Å². The molecule has 0 N–H and O–H groups in total. The number of benzene rings is 3. The second-order valence-corrected chi connectivity index (χ2v) is 12.2. The van der Waals surface area contributed by atoms with E-state index in [4.69, 9.17) is 9.47 Å². The molecule has 1 heterocycles. The van der Waals surface area contributed by atoms with Gasteiger partial charge in [-0.15, -0.1) is 0 Å². The molecule has 1 fully saturated rings. The Balaban J connectivity index is 1.38. The molecule has 3 aromatic rings. The number of esters is 1. The summed E-state index contributed by atoms with van der Waals surface area (Å²) in [7, 11) is 0.262. The number of hydrogen-bond acceptors (Lipinski definition) is 4. The first-order valence-corrected chi connectivity index (χ1v) is 13.9. The zero-order valence-corrected chi connectivity index (χ0v) is 21.6. The van der Waals surface area contributed by atoms with Crippen molar-refractivity contribution >= 4 is 39.4 Å². The van der Waals surface area contributed by atoms with Crippen LogP contribution in [0.1, 0.15) is 32.3 Å². The molecule has 8 heteroatoms. The van der Waals surface area contributed by atoms with Gasteiger partial charge in [0.15, 0.2) is 17.1 Å². The monoisotopic (exact) mass is 531 g/mol. The van der Waals surface area contributed by atoms with Crippen molar-refractivity contribution < 1.29 is 27.4 Å². The zero-order valence-electron chi connectivity index (χ0n) is 20.0. The third-order valence-corrected chi connectivity index (χ3v) is 8.78. The Morgan fingerprint density at radius 1 is 0.972 bits per heavy atom. The highest BCUT2D eigenvalue weighted by Crippen LogP contribution is 2.37. The van der Waals surface area contributed by atoms with Crippen molar-refractivity contribution in [2.75, 3.05) is 18.1 Å². The van der Waals surface area contributed by atoms with Crippen molar-refractivity contribution in [1.82, 2.24) is 0 Å². The molecule has 0 aliphatic carbocycles. The van der Waals surface area contributed by atoms with Crippen LogP contribution in [0.4, 0.5) is 13.2 Å². The summed E-state index contributed by atoms with van der Waals surface area (Å²) in [6.45, 7) is 3.04. The topological polar surface area (TPSA) is 35.5 Å². The molecule has 1 aliphatic heterocycles. The van der Waals surface area contributed by atoms with Crippen LogP contribution in [0.25, 0.3) is 10.8 Å². The van der Waals surface area contributed by atoms with Crippen LogP contribution in [0.15, 0.2) is 70.5 Å². The highest BCUT2D eigenvalue weighted by molar-refractivity contribution is 8.00. The summed E-state index contributed by atoms with van der Waals surface area (Å²) in [6, 6.07) is 17.9. The van der Waals surface area contributed by atoms with E-state index >= 15 is 0 Å². The molecular weight excluding hydrogens is 505 g/mol. The van der Waals surface area contributed by atoms with Crippen LogP contribution in [0, 0.1) is 11.8 Å². The maximum atomic E-state index is 12.5. The van der Waals surface area contributed by atoms with Gasteiger partial charge < -0.3 is 9.47 Å². The Bertz CT molecular complexity index is 1290. The number of rotatable bonds is 6. The molecule has 0 spiro atoms. The van der Waals surface area contributed by atoms with Gasteiger partial charge in [-0.3, -0.25) is 0 Å². The summed E-state index contributed by atoms with van der Waals surface area (Å²) in [5.41, 5.74) is -4.91. The largest absolute Gasteiger partial charge is 0.481 e. The standard InChI is InChI=1S/C28H26F3O3S2/c1-27(2,16-15-20-9-11-21(12-10-20)35-28(29,30)31)34-26(32)19-33-24-13-14-25(36-17-5-6-18-36)23-8-4-3-7-22(23)24/h3-4,7-14H,5-6,17-19H2,1-2H3/q+1. The Hall–Kier alpha value is -2.76. The Labute approximate surface area is 216 Å². The van der Waals surface area contributed by atoms with Crippen molar-refractivity contribution in [3.8, 4) is 17.6 Å². The highest BCUT2D eigenvalue weighted by atomic mass is 32.2. The quantitative estimate of drug-likeness (QED) is 0.149. The number of alkyl halides is 3. The molecule has 3 nitrogen and oxygen atoms in total. The lowest BCUT2D eigenvalue weighted by Gasteiger charge is -2.19. The summed E-state index contributed by atoms with van der Waals surface area (Å²) in [6.07, 6.45) is 2.53. The van der Waals surface area contributed by atoms with Crippen LogP contribution >= 0.6 is 11.8 Å². The summed E-state index contributed by atoms with van der Waals surface area (Å²) < 4.78 is 48.8. The molecule has 0 unspecified atom stereocenters. The number of fused-ring (bicyclic) bond motifs is 1. The lowest BCUT2D eigenvalue weighted by atomic mass is 10.1. The molecule has 0 amide bonds. The van der Waals surface area contributed by atoms with Crippen LogP contribution in [-0.2, 0) is 20.4 Å². The fourth-order valence-electron chi connectivity index (χ4n) is 3.93. The highest BCUT2D eigenvalue weighted by Gasteiger charge is 2.30. The molecule has 0 aromatic heterocycles. The molecule has 0 bridgehead atoms. The van der Waals surface area contributed by atoms with Gasteiger partial charge in [-0.05, 0) is 80.9 Å². The van der Waals surface area contributed by atoms with Gasteiger partial charge in [0.25, 0.3) is 0 Å². The second-order valence-electron chi connectivity index (χ2n) is 8.81. The van der Waals surface area contributed by atoms with Gasteiger partial charge >= 0.3 is 11.5 Å². The minimum Gasteiger partial charge on any atom is -0.481 e. The number of carbonyl (C=O) groups excluding carboxylic acids is 1. The first-order valence-electron chi connectivity index (χ1n) is 11.5. The van der Waals surface area contributed by atoms with Gasteiger partial charge in [-0.2, -0.15) is 13.2 Å². The Morgan fingerprint density at radius 2 is 1.64 bits per heavy atom. The van der Waals surface area contributed by atoms with Gasteiger partial charge in [-0.1, -0.05) is 30.0 Å². The average molecular weight is 532 g/mol. The first kappa shape index (κ1) is 26.3. The fraction of sp³-hybridized carbons (Fsp3) is 0.321. The number of ether oxygens (including phenoxy) is 2. The van der Waals surface area contributed by atoms with E-state index in [1.54, 1.807) is 13.8 Å². The zero-order chi connectivity index (χ0) is 25.8. The van der Waals surface area contributed by atoms with E-state index in [1.807, 2.05) is 24.3 Å². The smallest absolute Gasteiger partial charge is 0.446 e. The van der Waals surface area contributed by atoms with Gasteiger partial charge in [0.05, 0.1) is 0 Å². The predicted molar refractivity (Wildman–Crippen MR) is 139 cm³/mol. The molecule has 36 heavy (non-hydrogen) atoms. The normalized spacial score (nSPS) is 14.4. The van der Waals surface area contributed by atoms with Crippen LogP contribution in [0.2, 0.25) is 0 Å². The molecule has 4 rings (SSSR count). The van der Waals surface area contributed by atoms with Gasteiger partial charge in [-0.25, -0.2) is 4.79 Å². The van der Waals surface area contributed by atoms with Gasteiger partial charge in [0.1, 0.15) is 17.3 Å². The maximum absolute atomic E-state index is 12.5. The predicted octanol–water partition coefficient (Wildman–Crippen LogP) is 6.98. The number of thioether (sulfide) groups is 1. The maximum Gasteiger partial charge on any atom is 0.446 e. The SMILES string of the molecule is CC(C)(C#Cc1ccc(SC(F)(F)F)cc1)OC(=O)COc1ccc([S+]2CCCC2)c2ccccc12. The van der Waals surface area contributed by atoms with E-state index in [1.165, 1.54) is 58.9 Å². The minimum atomic E-state index is -4.34. The molecule has 0 radical (unpaired) electrons. The second kappa shape index (κ2) is 11.1. The molecule has 0 atom stereocenters. The third kappa shape index (κ3) is 7.14. The van der Waals surface area contributed by atoms with E-state index in [2.05, 4.69) is 24.0 Å². The van der Waals surface area contributed by atoms with Crippen LogP contribution in [0.3, 0.4) is 0 Å². The molecule has 0 saturated carbocycles. The average Bonchev–Trinajstić information content (AvgIpc) is 3.35. The summed E-state index contributed by atoms with van der Waals surface area (Å²) >= 11 is -0.178. The Morgan fingerprint density at radius 3 is 2.31 bits per heavy atom. The summed E-state index contributed by atoms with van der Waals surface area (Å²) in [4.78, 5) is 14.0. The lowest BCUT2D eigenvalue weighted by molar-refractivity contribution is -0.154. The van der Waals surface area contributed by atoms with Crippen LogP contribution in [-0.4, -0.2) is 35.2 Å². The minimum absolute atomic E-state index is 0.0835. The Kier molecular flexibility index (Phi) is 8.11. The number of hydrogen-bond donors (Lipinski definition) is 0. The third-order valence-electron chi connectivity index (χ3n) is 5.50. The molecule has 188 valence electrons. The van der Waals surface area contributed by atoms with E-state index < -0.39 is 17.1 Å². The summed E-state index contributed by atoms with van der Waals surface area (Å²) in [5.74, 6) is 8.24. The number of carbonyl (C=O) groups is 1. The van der Waals surface area contributed by atoms with Crippen LogP contribution in [0.5, 0.6) is 5.75 Å². The van der Waals surface area contributed by atoms with Crippen molar-refractivity contribution in [2.45, 2.75) is 47.6 Å². The molecule has 1 saturated heterocycles. The molecular formula is C28H26F3O3S2+. The first-order chi connectivity index (χ1) is 17.1. The molecule has 3 aromatic carbocycles. The lowest BCUT2D eigenvalue weighted by Crippen LogP contribution is -2.29.